The maximum atomic E-state index is 13.0. The van der Waals surface area contributed by atoms with Crippen LogP contribution in [0.2, 0.25) is 0 Å². The van der Waals surface area contributed by atoms with Gasteiger partial charge in [-0.1, -0.05) is 0 Å². The average Bonchev–Trinajstić information content (AvgIpc) is 2.99. The first-order valence-corrected chi connectivity index (χ1v) is 7.19. The number of nitrogens with zero attached hydrogens (tertiary/aromatic N) is 3. The summed E-state index contributed by atoms with van der Waals surface area (Å²) >= 11 is 0. The summed E-state index contributed by atoms with van der Waals surface area (Å²) in [7, 11) is 0. The van der Waals surface area contributed by atoms with Crippen molar-refractivity contribution in [2.75, 3.05) is 0 Å². The molecule has 24 heavy (non-hydrogen) atoms. The molecule has 3 rings (SSSR count). The lowest BCUT2D eigenvalue weighted by molar-refractivity contribution is -0.385. The Balaban J connectivity index is 1.86. The van der Waals surface area contributed by atoms with E-state index < -0.39 is 4.92 Å². The van der Waals surface area contributed by atoms with Crippen LogP contribution in [0.25, 0.3) is 5.69 Å². The monoisotopic (exact) mass is 327 g/mol. The Bertz CT molecular complexity index is 904. The molecular formula is C17H14FN3O3. The Labute approximate surface area is 137 Å². The Kier molecular flexibility index (Phi) is 3.99. The maximum Gasteiger partial charge on any atom is 0.272 e. The van der Waals surface area contributed by atoms with Gasteiger partial charge in [-0.25, -0.2) is 9.07 Å². The number of aromatic nitrogens is 2. The molecule has 0 aliphatic carbocycles. The quantitative estimate of drug-likeness (QED) is 0.528. The van der Waals surface area contributed by atoms with Gasteiger partial charge in [-0.15, -0.1) is 5.10 Å². The fourth-order valence-electron chi connectivity index (χ4n) is 2.29. The van der Waals surface area contributed by atoms with Gasteiger partial charge in [0.05, 0.1) is 10.6 Å². The molecule has 1 heterocycles. The van der Waals surface area contributed by atoms with Gasteiger partial charge < -0.3 is 4.74 Å². The van der Waals surface area contributed by atoms with Crippen LogP contribution in [0.1, 0.15) is 11.1 Å². The molecule has 0 aliphatic rings. The first kappa shape index (κ1) is 15.7. The van der Waals surface area contributed by atoms with Crippen molar-refractivity contribution in [3.05, 3.63) is 75.7 Å². The van der Waals surface area contributed by atoms with Crippen molar-refractivity contribution in [2.45, 2.75) is 13.8 Å². The number of nitro groups is 1. The highest BCUT2D eigenvalue weighted by Gasteiger charge is 2.15. The first-order chi connectivity index (χ1) is 11.4. The fourth-order valence-corrected chi connectivity index (χ4v) is 2.29. The summed E-state index contributed by atoms with van der Waals surface area (Å²) in [4.78, 5) is 10.5. The second-order valence-electron chi connectivity index (χ2n) is 5.34. The van der Waals surface area contributed by atoms with Gasteiger partial charge in [0.25, 0.3) is 5.69 Å². The van der Waals surface area contributed by atoms with Gasteiger partial charge >= 0.3 is 0 Å². The number of hydrogen-bond donors (Lipinski definition) is 0. The first-order valence-electron chi connectivity index (χ1n) is 7.19. The predicted octanol–water partition coefficient (Wildman–Crippen LogP) is 4.33. The molecule has 0 amide bonds. The van der Waals surface area contributed by atoms with Crippen LogP contribution < -0.4 is 4.74 Å². The Morgan fingerprint density at radius 3 is 2.50 bits per heavy atom. The van der Waals surface area contributed by atoms with E-state index in [1.807, 2.05) is 0 Å². The molecule has 1 aromatic heterocycles. The number of aryl methyl sites for hydroxylation is 2. The molecule has 0 saturated heterocycles. The highest BCUT2D eigenvalue weighted by molar-refractivity contribution is 5.50. The minimum atomic E-state index is -0.421. The summed E-state index contributed by atoms with van der Waals surface area (Å²) in [6.07, 6.45) is 1.69. The van der Waals surface area contributed by atoms with E-state index in [2.05, 4.69) is 5.10 Å². The van der Waals surface area contributed by atoms with Crippen LogP contribution in [-0.4, -0.2) is 14.7 Å². The number of hydrogen-bond acceptors (Lipinski definition) is 4. The van der Waals surface area contributed by atoms with Crippen LogP contribution in [0.4, 0.5) is 10.1 Å². The zero-order chi connectivity index (χ0) is 17.3. The third-order valence-electron chi connectivity index (χ3n) is 3.56. The SMILES string of the molecule is Cc1cc([N+](=O)[O-])c(C)cc1Oc1ccn(-c2ccc(F)cc2)n1. The maximum absolute atomic E-state index is 13.0. The van der Waals surface area contributed by atoms with E-state index in [4.69, 9.17) is 4.74 Å². The molecule has 0 saturated carbocycles. The second-order valence-corrected chi connectivity index (χ2v) is 5.34. The van der Waals surface area contributed by atoms with E-state index in [-0.39, 0.29) is 11.5 Å². The van der Waals surface area contributed by atoms with Crippen molar-refractivity contribution in [3.8, 4) is 17.3 Å². The number of benzene rings is 2. The third-order valence-corrected chi connectivity index (χ3v) is 3.56. The van der Waals surface area contributed by atoms with Gasteiger partial charge in [0.2, 0.25) is 5.88 Å². The fraction of sp³-hybridized carbons (Fsp3) is 0.118. The van der Waals surface area contributed by atoms with Crippen molar-refractivity contribution < 1.29 is 14.1 Å². The van der Waals surface area contributed by atoms with Crippen LogP contribution in [0, 0.1) is 29.8 Å². The summed E-state index contributed by atoms with van der Waals surface area (Å²) in [5, 5.41) is 15.2. The zero-order valence-corrected chi connectivity index (χ0v) is 13.1. The smallest absolute Gasteiger partial charge is 0.272 e. The van der Waals surface area contributed by atoms with Crippen LogP contribution in [-0.2, 0) is 0 Å². The van der Waals surface area contributed by atoms with Crippen LogP contribution in [0.15, 0.2) is 48.7 Å². The Hall–Kier alpha value is -3.22. The summed E-state index contributed by atoms with van der Waals surface area (Å²) in [5.74, 6) is 0.525. The van der Waals surface area contributed by atoms with Gasteiger partial charge in [-0.05, 0) is 49.7 Å². The van der Waals surface area contributed by atoms with E-state index >= 15 is 0 Å². The van der Waals surface area contributed by atoms with Crippen molar-refractivity contribution >= 4 is 5.69 Å². The molecule has 2 aromatic carbocycles. The zero-order valence-electron chi connectivity index (χ0n) is 13.1. The van der Waals surface area contributed by atoms with E-state index in [1.54, 1.807) is 49.0 Å². The van der Waals surface area contributed by atoms with Crippen LogP contribution >= 0.6 is 0 Å². The van der Waals surface area contributed by atoms with Crippen molar-refractivity contribution in [3.63, 3.8) is 0 Å². The predicted molar refractivity (Wildman–Crippen MR) is 86.2 cm³/mol. The highest BCUT2D eigenvalue weighted by atomic mass is 19.1. The van der Waals surface area contributed by atoms with Crippen molar-refractivity contribution in [1.82, 2.24) is 9.78 Å². The van der Waals surface area contributed by atoms with Gasteiger partial charge in [0.15, 0.2) is 0 Å². The lowest BCUT2D eigenvalue weighted by Crippen LogP contribution is -1.97. The highest BCUT2D eigenvalue weighted by Crippen LogP contribution is 2.30. The van der Waals surface area contributed by atoms with E-state index in [1.165, 1.54) is 18.2 Å². The van der Waals surface area contributed by atoms with E-state index in [0.717, 1.165) is 0 Å². The topological polar surface area (TPSA) is 70.2 Å². The molecule has 7 heteroatoms. The van der Waals surface area contributed by atoms with Gasteiger partial charge in [-0.2, -0.15) is 0 Å². The summed E-state index contributed by atoms with van der Waals surface area (Å²) in [6.45, 7) is 3.39. The average molecular weight is 327 g/mol. The van der Waals surface area contributed by atoms with Crippen LogP contribution in [0.3, 0.4) is 0 Å². The normalized spacial score (nSPS) is 10.6. The number of ether oxygens (including phenoxy) is 1. The molecule has 122 valence electrons. The number of rotatable bonds is 4. The number of halogens is 1. The summed E-state index contributed by atoms with van der Waals surface area (Å²) < 4.78 is 20.2. The van der Waals surface area contributed by atoms with Gasteiger partial charge in [0, 0.05) is 23.9 Å². The molecule has 0 atom stereocenters. The van der Waals surface area contributed by atoms with Crippen molar-refractivity contribution in [2.24, 2.45) is 0 Å². The molecule has 0 bridgehead atoms. The summed E-state index contributed by atoms with van der Waals surface area (Å²) in [6, 6.07) is 10.7. The Morgan fingerprint density at radius 1 is 1.12 bits per heavy atom. The number of nitro benzene ring substituents is 1. The molecule has 0 fully saturated rings. The molecule has 3 aromatic rings. The molecule has 0 radical (unpaired) electrons. The second kappa shape index (κ2) is 6.11. The van der Waals surface area contributed by atoms with Gasteiger partial charge in [0.1, 0.15) is 11.6 Å². The summed E-state index contributed by atoms with van der Waals surface area (Å²) in [5.41, 5.74) is 1.90. The minimum Gasteiger partial charge on any atom is -0.437 e. The standard InChI is InChI=1S/C17H14FN3O3/c1-11-10-16(12(2)9-15(11)21(22)23)24-17-7-8-20(19-17)14-5-3-13(18)4-6-14/h3-10H,1-2H3. The van der Waals surface area contributed by atoms with Crippen molar-refractivity contribution in [1.29, 1.82) is 0 Å². The third kappa shape index (κ3) is 3.10. The Morgan fingerprint density at radius 2 is 1.83 bits per heavy atom. The lowest BCUT2D eigenvalue weighted by atomic mass is 10.1. The van der Waals surface area contributed by atoms with E-state index in [9.17, 15) is 14.5 Å². The van der Waals surface area contributed by atoms with Crippen LogP contribution in [0.5, 0.6) is 11.6 Å². The minimum absolute atomic E-state index is 0.0525. The van der Waals surface area contributed by atoms with E-state index in [0.29, 0.717) is 28.4 Å². The van der Waals surface area contributed by atoms with Gasteiger partial charge in [-0.3, -0.25) is 10.1 Å². The molecule has 0 N–H and O–H groups in total. The molecular weight excluding hydrogens is 313 g/mol. The molecule has 0 aliphatic heterocycles. The molecule has 0 spiro atoms. The lowest BCUT2D eigenvalue weighted by Gasteiger charge is -2.08. The largest absolute Gasteiger partial charge is 0.437 e. The molecule has 6 nitrogen and oxygen atoms in total. The molecule has 0 unspecified atom stereocenters.